The van der Waals surface area contributed by atoms with Crippen molar-refractivity contribution in [2.24, 2.45) is 0 Å². The second-order valence-electron chi connectivity index (χ2n) is 9.83. The van der Waals surface area contributed by atoms with E-state index in [9.17, 15) is 31.2 Å². The second-order valence-corrected chi connectivity index (χ2v) is 13.3. The molecule has 0 bridgehead atoms. The Balaban J connectivity index is 1.18. The van der Waals surface area contributed by atoms with Gasteiger partial charge in [0.15, 0.2) is 0 Å². The third kappa shape index (κ3) is 6.31. The molecule has 0 aliphatic carbocycles. The fraction of sp³-hybridized carbons (Fsp3) is 0.250. The van der Waals surface area contributed by atoms with Crippen molar-refractivity contribution < 1.29 is 45.4 Å². The Bertz CT molecular complexity index is 1810. The van der Waals surface area contributed by atoms with Crippen molar-refractivity contribution in [2.45, 2.75) is 19.7 Å². The number of ether oxygens (including phenoxy) is 3. The molecule has 0 spiro atoms. The van der Waals surface area contributed by atoms with Crippen molar-refractivity contribution >= 4 is 43.9 Å². The topological polar surface area (TPSA) is 169 Å². The number of nitrogens with one attached hydrogen (secondary N) is 1. The molecule has 16 heteroatoms. The Morgan fingerprint density at radius 1 is 0.841 bits per heavy atom. The highest BCUT2D eigenvalue weighted by Crippen LogP contribution is 2.29. The predicted octanol–water partition coefficient (Wildman–Crippen LogP) is 1.33. The SMILES string of the molecule is COc1ccc(CN2C(=O)CN(Cc3ccc(C(=O)OCc4ccc(N5CC(=O)NS5(=O)=O)cc4)cc3)S2(=O)=O)c(OC)c1. The highest BCUT2D eigenvalue weighted by atomic mass is 32.2. The summed E-state index contributed by atoms with van der Waals surface area (Å²) >= 11 is 0. The first-order chi connectivity index (χ1) is 20.9. The summed E-state index contributed by atoms with van der Waals surface area (Å²) < 4.78 is 70.9. The molecule has 0 radical (unpaired) electrons. The predicted molar refractivity (Wildman–Crippen MR) is 156 cm³/mol. The molecule has 0 atom stereocenters. The van der Waals surface area contributed by atoms with E-state index in [1.165, 1.54) is 38.5 Å². The largest absolute Gasteiger partial charge is 0.497 e. The number of carbonyl (C=O) groups excluding carboxylic acids is 3. The van der Waals surface area contributed by atoms with Crippen molar-refractivity contribution in [2.75, 3.05) is 31.6 Å². The van der Waals surface area contributed by atoms with Crippen LogP contribution in [0.4, 0.5) is 5.69 Å². The molecule has 0 saturated carbocycles. The highest BCUT2D eigenvalue weighted by molar-refractivity contribution is 7.92. The van der Waals surface area contributed by atoms with Crippen LogP contribution >= 0.6 is 0 Å². The average molecular weight is 645 g/mol. The summed E-state index contributed by atoms with van der Waals surface area (Å²) in [5.41, 5.74) is 2.17. The number of hydrogen-bond acceptors (Lipinski definition) is 10. The molecular formula is C28H28N4O10S2. The van der Waals surface area contributed by atoms with Crippen LogP contribution in [0.3, 0.4) is 0 Å². The molecule has 0 aromatic heterocycles. The van der Waals surface area contributed by atoms with Crippen molar-refractivity contribution in [1.29, 1.82) is 0 Å². The van der Waals surface area contributed by atoms with Crippen molar-refractivity contribution in [3.8, 4) is 11.5 Å². The van der Waals surface area contributed by atoms with E-state index in [4.69, 9.17) is 14.2 Å². The van der Waals surface area contributed by atoms with Crippen LogP contribution in [0.1, 0.15) is 27.0 Å². The molecule has 5 rings (SSSR count). The summed E-state index contributed by atoms with van der Waals surface area (Å²) in [4.78, 5) is 36.7. The van der Waals surface area contributed by atoms with Gasteiger partial charge in [0, 0.05) is 18.2 Å². The van der Waals surface area contributed by atoms with Gasteiger partial charge in [-0.2, -0.15) is 21.1 Å². The molecular weight excluding hydrogens is 616 g/mol. The Labute approximate surface area is 254 Å². The lowest BCUT2D eigenvalue weighted by molar-refractivity contribution is -0.125. The van der Waals surface area contributed by atoms with Crippen LogP contribution in [-0.4, -0.2) is 70.5 Å². The minimum atomic E-state index is -4.12. The molecule has 14 nitrogen and oxygen atoms in total. The maximum atomic E-state index is 13.2. The summed E-state index contributed by atoms with van der Waals surface area (Å²) in [6.07, 6.45) is 0. The molecule has 0 unspecified atom stereocenters. The maximum absolute atomic E-state index is 13.2. The summed E-state index contributed by atoms with van der Waals surface area (Å²) in [5, 5.41) is 0. The van der Waals surface area contributed by atoms with Gasteiger partial charge < -0.3 is 14.2 Å². The van der Waals surface area contributed by atoms with E-state index < -0.39 is 38.2 Å². The van der Waals surface area contributed by atoms with E-state index in [2.05, 4.69) is 0 Å². The number of anilines is 1. The lowest BCUT2D eigenvalue weighted by Crippen LogP contribution is -2.33. The van der Waals surface area contributed by atoms with Crippen LogP contribution in [0, 0.1) is 0 Å². The smallest absolute Gasteiger partial charge is 0.338 e. The molecule has 3 aromatic rings. The molecule has 2 saturated heterocycles. The van der Waals surface area contributed by atoms with Gasteiger partial charge in [0.25, 0.3) is 11.8 Å². The molecule has 2 heterocycles. The Morgan fingerprint density at radius 2 is 1.52 bits per heavy atom. The molecule has 2 aliphatic rings. The zero-order chi connectivity index (χ0) is 31.6. The Hall–Kier alpha value is -4.67. The fourth-order valence-corrected chi connectivity index (χ4v) is 7.27. The summed E-state index contributed by atoms with van der Waals surface area (Å²) in [6.45, 7) is -1.02. The van der Waals surface area contributed by atoms with Gasteiger partial charge in [0.1, 0.15) is 24.7 Å². The average Bonchev–Trinajstić information content (AvgIpc) is 3.40. The van der Waals surface area contributed by atoms with E-state index in [1.54, 1.807) is 42.5 Å². The van der Waals surface area contributed by atoms with Gasteiger partial charge in [-0.05, 0) is 47.5 Å². The van der Waals surface area contributed by atoms with Gasteiger partial charge in [0.2, 0.25) is 0 Å². The molecule has 2 amide bonds. The molecule has 3 aromatic carbocycles. The molecule has 44 heavy (non-hydrogen) atoms. The van der Waals surface area contributed by atoms with Crippen molar-refractivity contribution in [3.05, 3.63) is 89.0 Å². The van der Waals surface area contributed by atoms with E-state index in [0.717, 1.165) is 12.9 Å². The van der Waals surface area contributed by atoms with Gasteiger partial charge >= 0.3 is 26.4 Å². The number of nitrogens with zero attached hydrogens (tertiary/aromatic N) is 3. The number of benzene rings is 3. The number of carbonyl (C=O) groups is 3. The van der Waals surface area contributed by atoms with Crippen LogP contribution in [-0.2, 0) is 54.4 Å². The normalized spacial score (nSPS) is 17.4. The van der Waals surface area contributed by atoms with Crippen molar-refractivity contribution in [3.63, 3.8) is 0 Å². The zero-order valence-electron chi connectivity index (χ0n) is 23.6. The number of hydrogen-bond donors (Lipinski definition) is 1. The number of methoxy groups -OCH3 is 2. The van der Waals surface area contributed by atoms with Gasteiger partial charge in [-0.1, -0.05) is 24.3 Å². The van der Waals surface area contributed by atoms with E-state index >= 15 is 0 Å². The number of amides is 2. The van der Waals surface area contributed by atoms with E-state index in [-0.39, 0.29) is 38.3 Å². The van der Waals surface area contributed by atoms with Crippen LogP contribution < -0.4 is 18.5 Å². The van der Waals surface area contributed by atoms with Crippen LogP contribution in [0.5, 0.6) is 11.5 Å². The van der Waals surface area contributed by atoms with E-state index in [0.29, 0.717) is 33.9 Å². The van der Waals surface area contributed by atoms with Crippen LogP contribution in [0.15, 0.2) is 66.7 Å². The maximum Gasteiger partial charge on any atom is 0.338 e. The van der Waals surface area contributed by atoms with E-state index in [1.807, 2.05) is 4.72 Å². The first-order valence-corrected chi connectivity index (χ1v) is 15.9. The van der Waals surface area contributed by atoms with Gasteiger partial charge in [-0.15, -0.1) is 0 Å². The Morgan fingerprint density at radius 3 is 2.14 bits per heavy atom. The van der Waals surface area contributed by atoms with Gasteiger partial charge in [-0.25, -0.2) is 18.1 Å². The summed E-state index contributed by atoms with van der Waals surface area (Å²) in [5.74, 6) is -0.918. The quantitative estimate of drug-likeness (QED) is 0.318. The lowest BCUT2D eigenvalue weighted by atomic mass is 10.1. The molecule has 232 valence electrons. The first kappa shape index (κ1) is 30.8. The van der Waals surface area contributed by atoms with Crippen LogP contribution in [0.2, 0.25) is 0 Å². The molecule has 2 aliphatic heterocycles. The monoisotopic (exact) mass is 644 g/mol. The first-order valence-electron chi connectivity index (χ1n) is 13.1. The minimum Gasteiger partial charge on any atom is -0.497 e. The standard InChI is InChI=1S/C28H28N4O10S2/c1-40-24-12-9-22(25(13-24)41-2)15-32-27(34)17-30(44(32,38)39)14-19-3-7-21(8-4-19)28(35)42-18-20-5-10-23(11-6-20)31-16-26(33)29-43(31,36)37/h3-13H,14-18H2,1-2H3,(H,29,33). The molecule has 1 N–H and O–H groups in total. The van der Waals surface area contributed by atoms with Gasteiger partial charge in [-0.3, -0.25) is 9.59 Å². The number of esters is 1. The Kier molecular flexibility index (Phi) is 8.49. The summed E-state index contributed by atoms with van der Waals surface area (Å²) in [7, 11) is -5.10. The molecule has 2 fully saturated rings. The second kappa shape index (κ2) is 12.1. The highest BCUT2D eigenvalue weighted by Gasteiger charge is 2.42. The third-order valence-electron chi connectivity index (χ3n) is 6.97. The minimum absolute atomic E-state index is 0.0835. The third-order valence-corrected chi connectivity index (χ3v) is 10.2. The fourth-order valence-electron chi connectivity index (χ4n) is 4.64. The zero-order valence-corrected chi connectivity index (χ0v) is 25.3. The number of rotatable bonds is 10. The van der Waals surface area contributed by atoms with Crippen LogP contribution in [0.25, 0.3) is 0 Å². The van der Waals surface area contributed by atoms with Crippen molar-refractivity contribution in [1.82, 2.24) is 13.3 Å². The lowest BCUT2D eigenvalue weighted by Gasteiger charge is -2.20. The van der Waals surface area contributed by atoms with Gasteiger partial charge in [0.05, 0.1) is 38.6 Å². The summed E-state index contributed by atoms with van der Waals surface area (Å²) in [6, 6.07) is 17.2.